The van der Waals surface area contributed by atoms with Crippen molar-refractivity contribution in [1.82, 2.24) is 0 Å². The fourth-order valence-electron chi connectivity index (χ4n) is 4.10. The number of hydrogen-bond acceptors (Lipinski definition) is 5. The van der Waals surface area contributed by atoms with Gasteiger partial charge in [-0.15, -0.1) is 0 Å². The Morgan fingerprint density at radius 1 is 0.974 bits per heavy atom. The van der Waals surface area contributed by atoms with Crippen LogP contribution in [0.25, 0.3) is 0 Å². The van der Waals surface area contributed by atoms with Crippen LogP contribution in [0.4, 0.5) is 0 Å². The van der Waals surface area contributed by atoms with Crippen molar-refractivity contribution in [2.75, 3.05) is 6.54 Å². The van der Waals surface area contributed by atoms with Crippen molar-refractivity contribution >= 4 is 5.78 Å². The molecule has 1 aliphatic carbocycles. The average Bonchev–Trinajstić information content (AvgIpc) is 2.92. The fraction of sp³-hybridized carbons (Fsp3) is 0.364. The Morgan fingerprint density at radius 2 is 1.55 bits per heavy atom. The molecule has 2 aromatic carbocycles. The van der Waals surface area contributed by atoms with Crippen molar-refractivity contribution in [2.45, 2.75) is 66.7 Å². The van der Waals surface area contributed by atoms with Crippen molar-refractivity contribution < 1.29 is 6.22 Å². The van der Waals surface area contributed by atoms with Crippen LogP contribution in [0.5, 0.6) is 0 Å². The lowest BCUT2D eigenvalue weighted by atomic mass is 9.83. The van der Waals surface area contributed by atoms with E-state index in [0.717, 1.165) is 17.6 Å². The number of rotatable bonds is 10. The number of hydrazine groups is 1. The van der Waals surface area contributed by atoms with E-state index in [4.69, 9.17) is 11.5 Å². The minimum Gasteiger partial charge on any atom is -0.404 e. The Kier molecular flexibility index (Phi) is 18.1. The molecule has 0 saturated carbocycles. The van der Waals surface area contributed by atoms with Gasteiger partial charge in [0.2, 0.25) is 0 Å². The second-order valence-corrected chi connectivity index (χ2v) is 9.76. The summed E-state index contributed by atoms with van der Waals surface area (Å²) in [5.41, 5.74) is 17.3. The number of carbonyl (C=O) groups excluding carboxylic acids is 1. The maximum atomic E-state index is 12.4. The molecule has 0 aromatic heterocycles. The summed E-state index contributed by atoms with van der Waals surface area (Å²) in [5.74, 6) is 8.04. The lowest BCUT2D eigenvalue weighted by Crippen LogP contribution is -2.10. The van der Waals surface area contributed by atoms with Crippen LogP contribution in [-0.2, 0) is 17.6 Å². The summed E-state index contributed by atoms with van der Waals surface area (Å²) in [5, 5.41) is 0. The highest BCUT2D eigenvalue weighted by Crippen LogP contribution is 2.30. The van der Waals surface area contributed by atoms with Gasteiger partial charge in [0.15, 0.2) is 5.78 Å². The smallest absolute Gasteiger partial charge is 0.164 e. The van der Waals surface area contributed by atoms with E-state index in [-0.39, 0.29) is 14.6 Å². The molecule has 2 aromatic rings. The van der Waals surface area contributed by atoms with E-state index in [0.29, 0.717) is 30.4 Å². The summed E-state index contributed by atoms with van der Waals surface area (Å²) >= 11 is 0. The van der Waals surface area contributed by atoms with Gasteiger partial charge in [0.25, 0.3) is 0 Å². The molecule has 5 nitrogen and oxygen atoms in total. The molecule has 3 rings (SSSR count). The zero-order valence-corrected chi connectivity index (χ0v) is 22.8. The predicted molar refractivity (Wildman–Crippen MR) is 167 cm³/mol. The van der Waals surface area contributed by atoms with E-state index < -0.39 is 0 Å². The SMILES string of the molecule is C.CCCC1=CC(C)(C)CC=C1.N/C=C(\C=C(\CN)Cc1ccccc1)C(=O)CCc1ccccc1.NN.[HH]. The van der Waals surface area contributed by atoms with Crippen molar-refractivity contribution in [3.05, 3.63) is 119 Å². The highest BCUT2D eigenvalue weighted by Gasteiger charge is 2.15. The Labute approximate surface area is 232 Å². The van der Waals surface area contributed by atoms with Crippen LogP contribution < -0.4 is 23.2 Å². The van der Waals surface area contributed by atoms with Crippen LogP contribution in [0.15, 0.2) is 108 Å². The third-order valence-electron chi connectivity index (χ3n) is 5.97. The Bertz CT molecular complexity index is 1040. The summed E-state index contributed by atoms with van der Waals surface area (Å²) in [6.45, 7) is 7.23. The van der Waals surface area contributed by atoms with Crippen molar-refractivity contribution in [1.29, 1.82) is 0 Å². The van der Waals surface area contributed by atoms with Gasteiger partial charge in [-0.25, -0.2) is 0 Å². The maximum absolute atomic E-state index is 12.4. The van der Waals surface area contributed by atoms with Crippen LogP contribution in [0.1, 0.15) is 66.4 Å². The van der Waals surface area contributed by atoms with Crippen LogP contribution >= 0.6 is 0 Å². The summed E-state index contributed by atoms with van der Waals surface area (Å²) in [4.78, 5) is 12.4. The standard InChI is InChI=1S/C21H24N2O.C11H18.CH4.H4N2.H2/c22-15-19(13-18-9-5-2-6-10-18)14-20(16-23)21(24)12-11-17-7-3-1-4-8-17;1-4-6-10-7-5-8-11(2,3)9-10;;1-2;/h1-10,14,16H,11-13,15,22-23H2;5,7,9H,4,6,8H2,1-3H3;1H4;1-2H2;1H/b19-14+,20-16+;;;;. The Hall–Kier alpha value is -3.25. The van der Waals surface area contributed by atoms with Gasteiger partial charge in [0.1, 0.15) is 0 Å². The second-order valence-electron chi connectivity index (χ2n) is 9.76. The number of Topliss-reactive ketones (excluding diaryl/α,β-unsaturated/α-hetero) is 1. The van der Waals surface area contributed by atoms with E-state index in [1.54, 1.807) is 0 Å². The largest absolute Gasteiger partial charge is 0.404 e. The molecule has 0 atom stereocenters. The summed E-state index contributed by atoms with van der Waals surface area (Å²) in [7, 11) is 0. The molecule has 0 fully saturated rings. The number of ketones is 1. The average molecular weight is 521 g/mol. The topological polar surface area (TPSA) is 121 Å². The zero-order chi connectivity index (χ0) is 27.5. The molecule has 0 aliphatic heterocycles. The molecule has 0 spiro atoms. The van der Waals surface area contributed by atoms with E-state index in [2.05, 4.69) is 50.7 Å². The van der Waals surface area contributed by atoms with Gasteiger partial charge in [-0.3, -0.25) is 16.5 Å². The van der Waals surface area contributed by atoms with E-state index in [1.165, 1.54) is 36.6 Å². The molecule has 210 valence electrons. The van der Waals surface area contributed by atoms with Gasteiger partial charge in [-0.1, -0.05) is 125 Å². The molecular weight excluding hydrogens is 468 g/mol. The molecular formula is C33H52N4O. The molecule has 8 N–H and O–H groups in total. The molecule has 0 bridgehead atoms. The third-order valence-corrected chi connectivity index (χ3v) is 5.97. The molecule has 0 radical (unpaired) electrons. The molecule has 0 amide bonds. The normalized spacial score (nSPS) is 14.1. The Balaban J connectivity index is 0. The first-order valence-corrected chi connectivity index (χ1v) is 13.0. The van der Waals surface area contributed by atoms with Gasteiger partial charge in [0.05, 0.1) is 0 Å². The summed E-state index contributed by atoms with van der Waals surface area (Å²) < 4.78 is 0. The zero-order valence-electron chi connectivity index (χ0n) is 22.8. The predicted octanol–water partition coefficient (Wildman–Crippen LogP) is 6.56. The first-order chi connectivity index (χ1) is 17.9. The molecule has 0 saturated heterocycles. The van der Waals surface area contributed by atoms with Crippen LogP contribution in [0.2, 0.25) is 0 Å². The molecule has 38 heavy (non-hydrogen) atoms. The van der Waals surface area contributed by atoms with E-state index in [1.807, 2.05) is 66.7 Å². The first kappa shape index (κ1) is 34.8. The lowest BCUT2D eigenvalue weighted by molar-refractivity contribution is -0.115. The summed E-state index contributed by atoms with van der Waals surface area (Å²) in [6, 6.07) is 20.0. The highest BCUT2D eigenvalue weighted by atomic mass is 16.1. The molecule has 0 unspecified atom stereocenters. The van der Waals surface area contributed by atoms with Gasteiger partial charge in [0, 0.05) is 26.2 Å². The highest BCUT2D eigenvalue weighted by molar-refractivity contribution is 5.98. The summed E-state index contributed by atoms with van der Waals surface area (Å²) in [6.07, 6.45) is 15.8. The quantitative estimate of drug-likeness (QED) is 0.122. The molecule has 0 heterocycles. The van der Waals surface area contributed by atoms with Crippen molar-refractivity contribution in [3.8, 4) is 0 Å². The van der Waals surface area contributed by atoms with Crippen molar-refractivity contribution in [2.24, 2.45) is 28.6 Å². The Morgan fingerprint density at radius 3 is 2.05 bits per heavy atom. The van der Waals surface area contributed by atoms with Gasteiger partial charge < -0.3 is 11.5 Å². The van der Waals surface area contributed by atoms with E-state index >= 15 is 0 Å². The van der Waals surface area contributed by atoms with E-state index in [9.17, 15) is 4.79 Å². The lowest BCUT2D eigenvalue weighted by Gasteiger charge is -2.23. The molecule has 1 aliphatic rings. The van der Waals surface area contributed by atoms with Gasteiger partial charge >= 0.3 is 0 Å². The number of hydrogen-bond donors (Lipinski definition) is 4. The molecule has 5 heteroatoms. The second kappa shape index (κ2) is 19.8. The van der Waals surface area contributed by atoms with Crippen molar-refractivity contribution in [3.63, 3.8) is 0 Å². The number of carbonyl (C=O) groups is 1. The first-order valence-electron chi connectivity index (χ1n) is 13.0. The number of allylic oxidation sites excluding steroid dienone is 6. The van der Waals surface area contributed by atoms with Crippen LogP contribution in [-0.4, -0.2) is 12.3 Å². The van der Waals surface area contributed by atoms with Gasteiger partial charge in [-0.05, 0) is 48.3 Å². The minimum atomic E-state index is 0. The minimum absolute atomic E-state index is 0. The maximum Gasteiger partial charge on any atom is 0.164 e. The van der Waals surface area contributed by atoms with Crippen LogP contribution in [0.3, 0.4) is 0 Å². The number of nitrogens with two attached hydrogens (primary N) is 4. The number of benzene rings is 2. The van der Waals surface area contributed by atoms with Gasteiger partial charge in [-0.2, -0.15) is 0 Å². The number of aryl methyl sites for hydroxylation is 1. The fourth-order valence-corrected chi connectivity index (χ4v) is 4.10. The third kappa shape index (κ3) is 13.9. The monoisotopic (exact) mass is 520 g/mol. The van der Waals surface area contributed by atoms with Crippen LogP contribution in [0, 0.1) is 5.41 Å².